The molecule has 25 heavy (non-hydrogen) atoms. The van der Waals surface area contributed by atoms with Crippen molar-refractivity contribution in [3.63, 3.8) is 0 Å². The van der Waals surface area contributed by atoms with Crippen molar-refractivity contribution >= 4 is 36.7 Å². The predicted octanol–water partition coefficient (Wildman–Crippen LogP) is 3.92. The Balaban J connectivity index is 1.89. The van der Waals surface area contributed by atoms with E-state index in [1.54, 1.807) is 6.20 Å². The van der Waals surface area contributed by atoms with Crippen LogP contribution in [-0.2, 0) is 4.79 Å². The standard InChI is InChI=1S/C19H25N3O2Se/c1-4-5-6-7-8-17(23)22-19-20-12-16(25-19)18(24)21-15-10-9-13(2)11-14(15)3/h9-12H,4-8H2,1-3H3,(H,21,24)(H,20,22,23). The molecule has 0 fully saturated rings. The van der Waals surface area contributed by atoms with E-state index in [2.05, 4.69) is 22.5 Å². The number of aromatic nitrogens is 1. The van der Waals surface area contributed by atoms with Crippen molar-refractivity contribution in [2.24, 2.45) is 0 Å². The Hall–Kier alpha value is -1.91. The summed E-state index contributed by atoms with van der Waals surface area (Å²) in [5.41, 5.74) is 2.99. The van der Waals surface area contributed by atoms with Crippen LogP contribution in [0.15, 0.2) is 24.4 Å². The Morgan fingerprint density at radius 1 is 1.12 bits per heavy atom. The summed E-state index contributed by atoms with van der Waals surface area (Å²) in [6.07, 6.45) is 6.35. The van der Waals surface area contributed by atoms with Crippen molar-refractivity contribution in [3.05, 3.63) is 40.0 Å². The number of hydrogen-bond donors (Lipinski definition) is 2. The number of hydrogen-bond acceptors (Lipinski definition) is 3. The van der Waals surface area contributed by atoms with E-state index in [9.17, 15) is 9.59 Å². The first kappa shape index (κ1) is 19.4. The number of carbonyl (C=O) groups excluding carboxylic acids is 2. The van der Waals surface area contributed by atoms with Crippen LogP contribution < -0.4 is 10.6 Å². The van der Waals surface area contributed by atoms with Gasteiger partial charge in [0, 0.05) is 0 Å². The van der Waals surface area contributed by atoms with E-state index in [0.29, 0.717) is 15.5 Å². The molecule has 2 aromatic rings. The van der Waals surface area contributed by atoms with Gasteiger partial charge in [-0.2, -0.15) is 0 Å². The van der Waals surface area contributed by atoms with Crippen LogP contribution in [0.1, 0.15) is 59.4 Å². The van der Waals surface area contributed by atoms with Crippen LogP contribution in [0.5, 0.6) is 0 Å². The monoisotopic (exact) mass is 407 g/mol. The SMILES string of the molecule is CCCCCCC(=O)Nc1ncc(C(=O)Nc2ccc(C)cc2C)[se]1. The van der Waals surface area contributed by atoms with E-state index in [1.165, 1.54) is 0 Å². The summed E-state index contributed by atoms with van der Waals surface area (Å²) in [5, 5.41) is 5.75. The van der Waals surface area contributed by atoms with Crippen molar-refractivity contribution in [1.29, 1.82) is 0 Å². The quantitative estimate of drug-likeness (QED) is 0.516. The molecule has 0 radical (unpaired) electrons. The minimum absolute atomic E-state index is 0.0128. The van der Waals surface area contributed by atoms with Gasteiger partial charge >= 0.3 is 155 Å². The van der Waals surface area contributed by atoms with Gasteiger partial charge in [0.15, 0.2) is 0 Å². The molecule has 0 atom stereocenters. The maximum absolute atomic E-state index is 12.4. The second kappa shape index (κ2) is 9.54. The normalized spacial score (nSPS) is 10.5. The molecule has 0 aliphatic heterocycles. The topological polar surface area (TPSA) is 71.1 Å². The molecule has 0 saturated heterocycles. The molecule has 0 spiro atoms. The van der Waals surface area contributed by atoms with E-state index >= 15 is 0 Å². The van der Waals surface area contributed by atoms with Crippen LogP contribution in [0, 0.1) is 13.8 Å². The number of nitrogens with one attached hydrogen (secondary N) is 2. The molecule has 0 saturated carbocycles. The van der Waals surface area contributed by atoms with Crippen LogP contribution in [0.4, 0.5) is 10.4 Å². The van der Waals surface area contributed by atoms with Crippen LogP contribution in [-0.4, -0.2) is 31.3 Å². The number of amides is 2. The van der Waals surface area contributed by atoms with Crippen LogP contribution in [0.3, 0.4) is 0 Å². The van der Waals surface area contributed by atoms with Gasteiger partial charge in [0.05, 0.1) is 0 Å². The molecule has 2 N–H and O–H groups in total. The summed E-state index contributed by atoms with van der Waals surface area (Å²) in [6, 6.07) is 5.91. The Labute approximate surface area is 155 Å². The van der Waals surface area contributed by atoms with Crippen molar-refractivity contribution in [1.82, 2.24) is 4.98 Å². The predicted molar refractivity (Wildman–Crippen MR) is 102 cm³/mol. The van der Waals surface area contributed by atoms with Gasteiger partial charge in [-0.3, -0.25) is 0 Å². The fourth-order valence-electron chi connectivity index (χ4n) is 2.47. The Bertz CT molecular complexity index is 740. The number of aryl methyl sites for hydroxylation is 2. The third-order valence-electron chi connectivity index (χ3n) is 3.86. The molecule has 0 aliphatic rings. The summed E-state index contributed by atoms with van der Waals surface area (Å²) >= 11 is -0.262. The molecule has 6 heteroatoms. The molecule has 5 nitrogen and oxygen atoms in total. The third-order valence-corrected chi connectivity index (χ3v) is 5.78. The number of carbonyl (C=O) groups is 2. The third kappa shape index (κ3) is 6.14. The van der Waals surface area contributed by atoms with Crippen LogP contribution in [0.2, 0.25) is 0 Å². The Morgan fingerprint density at radius 2 is 1.92 bits per heavy atom. The molecule has 1 heterocycles. The zero-order chi connectivity index (χ0) is 18.2. The van der Waals surface area contributed by atoms with E-state index < -0.39 is 0 Å². The van der Waals surface area contributed by atoms with Gasteiger partial charge in [0.2, 0.25) is 0 Å². The first-order valence-corrected chi connectivity index (χ1v) is 10.3. The molecule has 2 rings (SSSR count). The first-order chi connectivity index (χ1) is 12.0. The molecule has 1 aromatic carbocycles. The molecular weight excluding hydrogens is 381 g/mol. The van der Waals surface area contributed by atoms with Crippen molar-refractivity contribution in [2.75, 3.05) is 10.6 Å². The van der Waals surface area contributed by atoms with E-state index in [-0.39, 0.29) is 26.3 Å². The Morgan fingerprint density at radius 3 is 2.64 bits per heavy atom. The molecule has 0 unspecified atom stereocenters. The van der Waals surface area contributed by atoms with Gasteiger partial charge in [-0.05, 0) is 0 Å². The maximum atomic E-state index is 12.4. The van der Waals surface area contributed by atoms with Gasteiger partial charge in [-0.1, -0.05) is 0 Å². The number of anilines is 2. The van der Waals surface area contributed by atoms with Crippen molar-refractivity contribution in [3.8, 4) is 0 Å². The second-order valence-corrected chi connectivity index (χ2v) is 8.32. The molecule has 134 valence electrons. The summed E-state index contributed by atoms with van der Waals surface area (Å²) in [7, 11) is 0. The van der Waals surface area contributed by atoms with Crippen LogP contribution in [0.25, 0.3) is 0 Å². The number of nitrogens with zero attached hydrogens (tertiary/aromatic N) is 1. The average Bonchev–Trinajstić information content (AvgIpc) is 3.03. The second-order valence-electron chi connectivity index (χ2n) is 6.16. The Kier molecular flexibility index (Phi) is 7.41. The van der Waals surface area contributed by atoms with Gasteiger partial charge in [-0.15, -0.1) is 0 Å². The number of rotatable bonds is 8. The number of benzene rings is 1. The summed E-state index contributed by atoms with van der Waals surface area (Å²) in [4.78, 5) is 28.5. The molecular formula is C19H25N3O2Se. The van der Waals surface area contributed by atoms with Crippen molar-refractivity contribution in [2.45, 2.75) is 52.9 Å². The van der Waals surface area contributed by atoms with E-state index in [4.69, 9.17) is 0 Å². The number of unbranched alkanes of at least 4 members (excludes halogenated alkanes) is 3. The molecule has 2 amide bonds. The average molecular weight is 406 g/mol. The molecule has 0 bridgehead atoms. The minimum atomic E-state index is -0.262. The van der Waals surface area contributed by atoms with Gasteiger partial charge < -0.3 is 0 Å². The van der Waals surface area contributed by atoms with Crippen LogP contribution >= 0.6 is 0 Å². The summed E-state index contributed by atoms with van der Waals surface area (Å²) in [6.45, 7) is 6.13. The zero-order valence-corrected chi connectivity index (χ0v) is 16.7. The van der Waals surface area contributed by atoms with Gasteiger partial charge in [0.1, 0.15) is 0 Å². The fourth-order valence-corrected chi connectivity index (χ4v) is 4.00. The molecule has 1 aromatic heterocycles. The van der Waals surface area contributed by atoms with Crippen molar-refractivity contribution < 1.29 is 9.59 Å². The molecule has 0 aliphatic carbocycles. The zero-order valence-electron chi connectivity index (χ0n) is 15.0. The van der Waals surface area contributed by atoms with E-state index in [0.717, 1.165) is 42.5 Å². The van der Waals surface area contributed by atoms with Gasteiger partial charge in [-0.25, -0.2) is 0 Å². The summed E-state index contributed by atoms with van der Waals surface area (Å²) < 4.78 is 1.23. The summed E-state index contributed by atoms with van der Waals surface area (Å²) in [5.74, 6) is -0.163. The first-order valence-electron chi connectivity index (χ1n) is 8.64. The fraction of sp³-hybridized carbons (Fsp3) is 0.421. The van der Waals surface area contributed by atoms with Gasteiger partial charge in [0.25, 0.3) is 0 Å². The van der Waals surface area contributed by atoms with E-state index in [1.807, 2.05) is 32.0 Å².